The van der Waals surface area contributed by atoms with Crippen LogP contribution in [-0.2, 0) is 11.8 Å². The average molecular weight is 349 g/mol. The molecule has 1 aromatic carbocycles. The van der Waals surface area contributed by atoms with Crippen LogP contribution in [0.2, 0.25) is 0 Å². The lowest BCUT2D eigenvalue weighted by atomic mass is 9.55. The lowest BCUT2D eigenvalue weighted by Crippen LogP contribution is -2.44. The van der Waals surface area contributed by atoms with Crippen molar-refractivity contribution in [2.24, 2.45) is 11.8 Å². The third-order valence-electron chi connectivity index (χ3n) is 5.17. The largest absolute Gasteiger partial charge is 0.508 e. The molecule has 0 saturated heterocycles. The van der Waals surface area contributed by atoms with Gasteiger partial charge in [-0.1, -0.05) is 74.0 Å². The van der Waals surface area contributed by atoms with Crippen LogP contribution in [0.1, 0.15) is 92.7 Å². The molecule has 25 heavy (non-hydrogen) atoms. The van der Waals surface area contributed by atoms with Crippen LogP contribution in [0.4, 0.5) is 0 Å². The summed E-state index contributed by atoms with van der Waals surface area (Å²) in [6.07, 6.45) is 6.98. The minimum atomic E-state index is 0.301. The van der Waals surface area contributed by atoms with Gasteiger partial charge in [-0.15, -0.1) is 6.58 Å². The van der Waals surface area contributed by atoms with E-state index >= 15 is 0 Å². The third-order valence-corrected chi connectivity index (χ3v) is 5.17. The van der Waals surface area contributed by atoms with E-state index in [-0.39, 0.29) is 0 Å². The lowest BCUT2D eigenvalue weighted by Gasteiger charge is -2.50. The minimum absolute atomic E-state index is 0.301. The molecule has 0 aliphatic heterocycles. The first-order valence-corrected chi connectivity index (χ1v) is 10.4. The van der Waals surface area contributed by atoms with Crippen molar-refractivity contribution in [1.82, 2.24) is 0 Å². The standard InChI is InChI=1S/C15H20O.C3H6.3C2H6/c1-10-11-4-3-7-15(10,2)14-9-13(16)6-5-12(14)8-11;1-3-2;3*1-2/h5-6,9-11,16H,3-4,7-8H2,1-2H3;3H,1H2,2H3;3*1-2H3/t10-,11?,15?;;;;/m0..../s1. The summed E-state index contributed by atoms with van der Waals surface area (Å²) in [4.78, 5) is 0. The zero-order valence-electron chi connectivity index (χ0n) is 18.4. The van der Waals surface area contributed by atoms with Gasteiger partial charge < -0.3 is 5.11 Å². The Hall–Kier alpha value is -1.24. The van der Waals surface area contributed by atoms with E-state index in [1.54, 1.807) is 6.08 Å². The molecule has 0 spiro atoms. The van der Waals surface area contributed by atoms with Gasteiger partial charge in [-0.25, -0.2) is 0 Å². The Labute approximate surface area is 158 Å². The van der Waals surface area contributed by atoms with Gasteiger partial charge in [0.2, 0.25) is 0 Å². The predicted octanol–water partition coefficient (Wildman–Crippen LogP) is 7.91. The molecule has 1 heteroatoms. The number of benzene rings is 1. The van der Waals surface area contributed by atoms with E-state index in [0.717, 1.165) is 11.8 Å². The van der Waals surface area contributed by atoms with E-state index in [2.05, 4.69) is 26.5 Å². The molecule has 2 bridgehead atoms. The van der Waals surface area contributed by atoms with Crippen LogP contribution in [0, 0.1) is 11.8 Å². The molecule has 1 fully saturated rings. The third kappa shape index (κ3) is 6.53. The van der Waals surface area contributed by atoms with Gasteiger partial charge in [-0.2, -0.15) is 0 Å². The van der Waals surface area contributed by atoms with Crippen LogP contribution in [0.3, 0.4) is 0 Å². The van der Waals surface area contributed by atoms with Gasteiger partial charge in [-0.3, -0.25) is 0 Å². The summed E-state index contributed by atoms with van der Waals surface area (Å²) >= 11 is 0. The van der Waals surface area contributed by atoms with Gasteiger partial charge in [0.15, 0.2) is 0 Å². The second kappa shape index (κ2) is 14.0. The fraction of sp³-hybridized carbons (Fsp3) is 0.667. The number of allylic oxidation sites excluding steroid dienone is 1. The van der Waals surface area contributed by atoms with Crippen molar-refractivity contribution >= 4 is 0 Å². The maximum Gasteiger partial charge on any atom is 0.115 e. The Bertz CT molecular complexity index is 463. The second-order valence-electron chi connectivity index (χ2n) is 6.31. The molecule has 2 aliphatic carbocycles. The molecule has 146 valence electrons. The van der Waals surface area contributed by atoms with E-state index in [4.69, 9.17) is 0 Å². The number of hydrogen-bond donors (Lipinski definition) is 1. The molecule has 2 aliphatic rings. The number of fused-ring (bicyclic) bond motifs is 4. The molecule has 0 aromatic heterocycles. The fourth-order valence-electron chi connectivity index (χ4n) is 3.94. The fourth-order valence-corrected chi connectivity index (χ4v) is 3.94. The molecule has 1 N–H and O–H groups in total. The van der Waals surface area contributed by atoms with Crippen LogP contribution < -0.4 is 0 Å². The zero-order valence-corrected chi connectivity index (χ0v) is 18.4. The molecule has 1 saturated carbocycles. The summed E-state index contributed by atoms with van der Waals surface area (Å²) in [6.45, 7) is 22.0. The van der Waals surface area contributed by atoms with Crippen LogP contribution in [0.15, 0.2) is 30.9 Å². The van der Waals surface area contributed by atoms with E-state index in [1.165, 1.54) is 36.8 Å². The van der Waals surface area contributed by atoms with Crippen LogP contribution in [-0.4, -0.2) is 5.11 Å². The molecule has 3 rings (SSSR count). The highest BCUT2D eigenvalue weighted by molar-refractivity contribution is 5.43. The number of aromatic hydroxyl groups is 1. The first-order chi connectivity index (χ1) is 12.0. The number of hydrogen-bond acceptors (Lipinski definition) is 1. The Morgan fingerprint density at radius 2 is 1.64 bits per heavy atom. The smallest absolute Gasteiger partial charge is 0.115 e. The highest BCUT2D eigenvalue weighted by atomic mass is 16.3. The molecule has 2 unspecified atom stereocenters. The minimum Gasteiger partial charge on any atom is -0.508 e. The molecule has 3 atom stereocenters. The Morgan fingerprint density at radius 3 is 2.16 bits per heavy atom. The summed E-state index contributed by atoms with van der Waals surface area (Å²) in [7, 11) is 0. The van der Waals surface area contributed by atoms with Gasteiger partial charge in [0.05, 0.1) is 0 Å². The highest BCUT2D eigenvalue weighted by Gasteiger charge is 2.45. The van der Waals surface area contributed by atoms with Gasteiger partial charge in [0.1, 0.15) is 5.75 Å². The first-order valence-electron chi connectivity index (χ1n) is 10.4. The lowest BCUT2D eigenvalue weighted by molar-refractivity contribution is 0.124. The average Bonchev–Trinajstić information content (AvgIpc) is 2.65. The summed E-state index contributed by atoms with van der Waals surface area (Å²) in [5.41, 5.74) is 3.19. The number of phenols is 1. The normalized spacial score (nSPS) is 24.8. The monoisotopic (exact) mass is 348 g/mol. The topological polar surface area (TPSA) is 20.2 Å². The van der Waals surface area contributed by atoms with Gasteiger partial charge in [-0.05, 0) is 66.7 Å². The van der Waals surface area contributed by atoms with Crippen molar-refractivity contribution in [3.8, 4) is 5.75 Å². The highest BCUT2D eigenvalue weighted by Crippen LogP contribution is 2.52. The summed E-state index contributed by atoms with van der Waals surface area (Å²) < 4.78 is 0. The molecule has 0 heterocycles. The zero-order chi connectivity index (χ0) is 20.0. The van der Waals surface area contributed by atoms with Crippen LogP contribution in [0.5, 0.6) is 5.75 Å². The Balaban J connectivity index is 0. The van der Waals surface area contributed by atoms with Crippen molar-refractivity contribution in [3.63, 3.8) is 0 Å². The van der Waals surface area contributed by atoms with E-state index in [1.807, 2.05) is 60.6 Å². The van der Waals surface area contributed by atoms with Gasteiger partial charge >= 0.3 is 0 Å². The molecular formula is C24H44O. The Kier molecular flexibility index (Phi) is 14.5. The number of rotatable bonds is 0. The van der Waals surface area contributed by atoms with Crippen molar-refractivity contribution in [2.75, 3.05) is 0 Å². The molecule has 0 radical (unpaired) electrons. The summed E-state index contributed by atoms with van der Waals surface area (Å²) in [5.74, 6) is 2.04. The Morgan fingerprint density at radius 1 is 1.12 bits per heavy atom. The maximum absolute atomic E-state index is 9.69. The molecule has 1 nitrogen and oxygen atoms in total. The van der Waals surface area contributed by atoms with Crippen molar-refractivity contribution in [3.05, 3.63) is 42.0 Å². The second-order valence-corrected chi connectivity index (χ2v) is 6.31. The van der Waals surface area contributed by atoms with Crippen LogP contribution >= 0.6 is 0 Å². The van der Waals surface area contributed by atoms with Crippen molar-refractivity contribution in [2.45, 2.75) is 93.4 Å². The van der Waals surface area contributed by atoms with Gasteiger partial charge in [0.25, 0.3) is 0 Å². The molecule has 1 aromatic rings. The van der Waals surface area contributed by atoms with Crippen molar-refractivity contribution < 1.29 is 5.11 Å². The molecule has 0 amide bonds. The van der Waals surface area contributed by atoms with Gasteiger partial charge in [0, 0.05) is 0 Å². The van der Waals surface area contributed by atoms with Crippen molar-refractivity contribution in [1.29, 1.82) is 0 Å². The quantitative estimate of drug-likeness (QED) is 0.472. The van der Waals surface area contributed by atoms with E-state index in [9.17, 15) is 5.11 Å². The first kappa shape index (κ1) is 26.0. The van der Waals surface area contributed by atoms with E-state index < -0.39 is 0 Å². The number of phenolic OH excluding ortho intramolecular Hbond substituents is 1. The summed E-state index contributed by atoms with van der Waals surface area (Å²) in [5, 5.41) is 9.69. The van der Waals surface area contributed by atoms with E-state index in [0.29, 0.717) is 11.2 Å². The van der Waals surface area contributed by atoms with Crippen LogP contribution in [0.25, 0.3) is 0 Å². The maximum atomic E-state index is 9.69. The predicted molar refractivity (Wildman–Crippen MR) is 116 cm³/mol. The molecular weight excluding hydrogens is 304 g/mol. The SMILES string of the molecule is C=CC.CC.CC.CC.C[C@H]1C2CCCC1(C)c1cc(O)ccc1C2. The summed E-state index contributed by atoms with van der Waals surface area (Å²) in [6, 6.07) is 5.98.